The van der Waals surface area contributed by atoms with E-state index in [2.05, 4.69) is 20.8 Å². The third-order valence-electron chi connectivity index (χ3n) is 2.79. The summed E-state index contributed by atoms with van der Waals surface area (Å²) in [6.45, 7) is 0. The number of benzene rings is 1. The number of nitrogens with one attached hydrogen (secondary N) is 2. The molecule has 1 heterocycles. The molecule has 0 radical (unpaired) electrons. The molecule has 0 fully saturated rings. The largest absolute Gasteiger partial charge is 0.378 e. The Kier molecular flexibility index (Phi) is 4.81. The molecule has 1 aromatic heterocycles. The van der Waals surface area contributed by atoms with Gasteiger partial charge in [0.2, 0.25) is 17.7 Å². The van der Waals surface area contributed by atoms with Gasteiger partial charge < -0.3 is 5.73 Å². The van der Waals surface area contributed by atoms with Gasteiger partial charge in [-0.3, -0.25) is 25.8 Å². The highest BCUT2D eigenvalue weighted by Crippen LogP contribution is 2.17. The maximum atomic E-state index is 11.7. The third kappa shape index (κ3) is 4.13. The van der Waals surface area contributed by atoms with Crippen molar-refractivity contribution < 1.29 is 9.72 Å². The van der Waals surface area contributed by atoms with Crippen LogP contribution < -0.4 is 16.6 Å². The van der Waals surface area contributed by atoms with Crippen LogP contribution in [-0.4, -0.2) is 20.8 Å². The lowest BCUT2D eigenvalue weighted by atomic mass is 10.1. The van der Waals surface area contributed by atoms with Gasteiger partial charge in [-0.1, -0.05) is 30.3 Å². The number of nitro groups is 1. The van der Waals surface area contributed by atoms with Gasteiger partial charge in [-0.2, -0.15) is 4.98 Å². The number of hydrazine groups is 1. The zero-order valence-electron chi connectivity index (χ0n) is 11.5. The van der Waals surface area contributed by atoms with Crippen LogP contribution in [0.25, 0.3) is 0 Å². The Morgan fingerprint density at radius 3 is 2.68 bits per heavy atom. The van der Waals surface area contributed by atoms with Crippen LogP contribution in [0.4, 0.5) is 17.5 Å². The van der Waals surface area contributed by atoms with Gasteiger partial charge in [-0.25, -0.2) is 4.98 Å². The summed E-state index contributed by atoms with van der Waals surface area (Å²) >= 11 is 0. The number of rotatable bonds is 6. The topological polar surface area (TPSA) is 136 Å². The number of carbonyl (C=O) groups is 1. The molecule has 1 aromatic carbocycles. The molecular formula is C13H14N6O3. The van der Waals surface area contributed by atoms with Crippen molar-refractivity contribution >= 4 is 23.4 Å². The number of hydrogen-bond donors (Lipinski definition) is 3. The number of amides is 1. The summed E-state index contributed by atoms with van der Waals surface area (Å²) in [6.07, 6.45) is 1.85. The van der Waals surface area contributed by atoms with E-state index in [0.29, 0.717) is 6.42 Å². The van der Waals surface area contributed by atoms with Gasteiger partial charge in [0.25, 0.3) is 0 Å². The zero-order valence-corrected chi connectivity index (χ0v) is 11.5. The van der Waals surface area contributed by atoms with Crippen LogP contribution in [0.2, 0.25) is 0 Å². The minimum Gasteiger partial charge on any atom is -0.378 e. The van der Waals surface area contributed by atoms with Crippen LogP contribution in [0, 0.1) is 10.1 Å². The fraction of sp³-hybridized carbons (Fsp3) is 0.154. The smallest absolute Gasteiger partial charge is 0.329 e. The van der Waals surface area contributed by atoms with Crippen molar-refractivity contribution in [3.05, 3.63) is 52.2 Å². The molecule has 0 atom stereocenters. The highest BCUT2D eigenvalue weighted by Gasteiger charge is 2.14. The normalized spacial score (nSPS) is 10.0. The van der Waals surface area contributed by atoms with Crippen LogP contribution in [0.1, 0.15) is 12.0 Å². The molecule has 0 saturated heterocycles. The summed E-state index contributed by atoms with van der Waals surface area (Å²) in [7, 11) is 0. The van der Waals surface area contributed by atoms with Gasteiger partial charge in [0.05, 0.1) is 4.92 Å². The highest BCUT2D eigenvalue weighted by atomic mass is 16.6. The lowest BCUT2D eigenvalue weighted by molar-refractivity contribution is -0.384. The van der Waals surface area contributed by atoms with Gasteiger partial charge >= 0.3 is 5.69 Å². The summed E-state index contributed by atoms with van der Waals surface area (Å²) in [6, 6.07) is 9.57. The average molecular weight is 302 g/mol. The van der Waals surface area contributed by atoms with Crippen molar-refractivity contribution in [1.29, 1.82) is 0 Å². The summed E-state index contributed by atoms with van der Waals surface area (Å²) in [5.74, 6) is -0.554. The van der Waals surface area contributed by atoms with Gasteiger partial charge in [0.1, 0.15) is 6.20 Å². The molecule has 9 heteroatoms. The highest BCUT2D eigenvalue weighted by molar-refractivity contribution is 5.77. The van der Waals surface area contributed by atoms with E-state index in [4.69, 9.17) is 5.73 Å². The molecule has 4 N–H and O–H groups in total. The van der Waals surface area contributed by atoms with E-state index in [9.17, 15) is 14.9 Å². The molecule has 1 amide bonds. The maximum absolute atomic E-state index is 11.7. The molecule has 0 saturated carbocycles. The molecule has 0 aliphatic heterocycles. The minimum atomic E-state index is -0.683. The maximum Gasteiger partial charge on any atom is 0.329 e. The van der Waals surface area contributed by atoms with Crippen molar-refractivity contribution in [3.8, 4) is 0 Å². The molecule has 22 heavy (non-hydrogen) atoms. The lowest BCUT2D eigenvalue weighted by Gasteiger charge is -2.07. The second-order valence-electron chi connectivity index (χ2n) is 4.38. The molecule has 2 aromatic rings. The van der Waals surface area contributed by atoms with E-state index < -0.39 is 4.92 Å². The number of nitrogens with two attached hydrogens (primary N) is 1. The lowest BCUT2D eigenvalue weighted by Crippen LogP contribution is -2.30. The standard InChI is InChI=1S/C13H14N6O3/c14-12-10(19(21)22)8-15-13(16-12)18-17-11(20)7-6-9-4-2-1-3-5-9/h1-5,8H,6-7H2,(H,17,20)(H3,14,15,16,18). The Morgan fingerprint density at radius 1 is 1.32 bits per heavy atom. The molecule has 0 unspecified atom stereocenters. The second-order valence-corrected chi connectivity index (χ2v) is 4.38. The van der Waals surface area contributed by atoms with Gasteiger partial charge in [0.15, 0.2) is 0 Å². The van der Waals surface area contributed by atoms with Crippen molar-refractivity contribution in [3.63, 3.8) is 0 Å². The first-order chi connectivity index (χ1) is 10.6. The number of carbonyl (C=O) groups excluding carboxylic acids is 1. The predicted molar refractivity (Wildman–Crippen MR) is 79.6 cm³/mol. The van der Waals surface area contributed by atoms with Crippen LogP contribution >= 0.6 is 0 Å². The molecule has 0 aliphatic carbocycles. The zero-order chi connectivity index (χ0) is 15.9. The summed E-state index contributed by atoms with van der Waals surface area (Å²) < 4.78 is 0. The van der Waals surface area contributed by atoms with E-state index in [1.807, 2.05) is 30.3 Å². The number of nitrogen functional groups attached to an aromatic ring is 1. The third-order valence-corrected chi connectivity index (χ3v) is 2.79. The van der Waals surface area contributed by atoms with Gasteiger partial charge in [-0.05, 0) is 12.0 Å². The van der Waals surface area contributed by atoms with E-state index in [-0.39, 0.29) is 29.8 Å². The van der Waals surface area contributed by atoms with Crippen molar-refractivity contribution in [1.82, 2.24) is 15.4 Å². The average Bonchev–Trinajstić information content (AvgIpc) is 2.51. The summed E-state index contributed by atoms with van der Waals surface area (Å²) in [5, 5.41) is 10.6. The number of anilines is 2. The van der Waals surface area contributed by atoms with E-state index in [0.717, 1.165) is 11.8 Å². The number of aromatic nitrogens is 2. The summed E-state index contributed by atoms with van der Waals surface area (Å²) in [4.78, 5) is 28.9. The first-order valence-electron chi connectivity index (χ1n) is 6.42. The predicted octanol–water partition coefficient (Wildman–Crippen LogP) is 1.04. The first-order valence-corrected chi connectivity index (χ1v) is 6.42. The van der Waals surface area contributed by atoms with Crippen LogP contribution in [0.3, 0.4) is 0 Å². The van der Waals surface area contributed by atoms with Crippen molar-refractivity contribution in [2.24, 2.45) is 0 Å². The van der Waals surface area contributed by atoms with Crippen molar-refractivity contribution in [2.45, 2.75) is 12.8 Å². The molecule has 0 bridgehead atoms. The minimum absolute atomic E-state index is 0.0174. The molecule has 114 valence electrons. The number of aryl methyl sites for hydroxylation is 1. The molecule has 2 rings (SSSR count). The van der Waals surface area contributed by atoms with Gasteiger partial charge in [0, 0.05) is 6.42 Å². The van der Waals surface area contributed by atoms with Crippen LogP contribution in [0.5, 0.6) is 0 Å². The SMILES string of the molecule is Nc1nc(NNC(=O)CCc2ccccc2)ncc1[N+](=O)[O-]. The Labute approximate surface area is 125 Å². The second kappa shape index (κ2) is 6.97. The first kappa shape index (κ1) is 15.2. The quantitative estimate of drug-likeness (QED) is 0.535. The molecule has 0 spiro atoms. The Bertz CT molecular complexity index is 677. The van der Waals surface area contributed by atoms with E-state index in [1.54, 1.807) is 0 Å². The fourth-order valence-corrected chi connectivity index (χ4v) is 1.68. The summed E-state index contributed by atoms with van der Waals surface area (Å²) in [5.41, 5.74) is 10.9. The monoisotopic (exact) mass is 302 g/mol. The number of nitrogens with zero attached hydrogens (tertiary/aromatic N) is 3. The van der Waals surface area contributed by atoms with E-state index in [1.165, 1.54) is 0 Å². The Hall–Kier alpha value is -3.23. The molecule has 9 nitrogen and oxygen atoms in total. The van der Waals surface area contributed by atoms with Gasteiger partial charge in [-0.15, -0.1) is 0 Å². The Balaban J connectivity index is 1.83. The van der Waals surface area contributed by atoms with E-state index >= 15 is 0 Å². The molecule has 0 aliphatic rings. The molecular weight excluding hydrogens is 288 g/mol. The van der Waals surface area contributed by atoms with Crippen LogP contribution in [0.15, 0.2) is 36.5 Å². The van der Waals surface area contributed by atoms with Crippen molar-refractivity contribution in [2.75, 3.05) is 11.2 Å². The fourth-order valence-electron chi connectivity index (χ4n) is 1.68. The number of hydrogen-bond acceptors (Lipinski definition) is 7. The van der Waals surface area contributed by atoms with Crippen LogP contribution in [-0.2, 0) is 11.2 Å². The Morgan fingerprint density at radius 2 is 2.05 bits per heavy atom.